The molecule has 0 spiro atoms. The minimum Gasteiger partial charge on any atom is -0.495 e. The Morgan fingerprint density at radius 2 is 2.09 bits per heavy atom. The first-order valence-corrected chi connectivity index (χ1v) is 12.7. The zero-order chi connectivity index (χ0) is 23.9. The SMILES string of the molecule is COc1cccc2c(-c3ncc4c(n3)N3CCOCC3C(=O)N4Cc3ccc(SC)cc3)c[nH]c12. The number of hydrogen-bond donors (Lipinski definition) is 1. The largest absolute Gasteiger partial charge is 0.495 e. The van der Waals surface area contributed by atoms with Crippen molar-refractivity contribution in [1.29, 1.82) is 0 Å². The number of carbonyl (C=O) groups excluding carboxylic acids is 1. The molecule has 178 valence electrons. The first-order valence-electron chi connectivity index (χ1n) is 11.5. The number of hydrogen-bond acceptors (Lipinski definition) is 7. The Hall–Kier alpha value is -3.56. The number of rotatable bonds is 5. The van der Waals surface area contributed by atoms with Crippen LogP contribution in [-0.2, 0) is 16.1 Å². The highest BCUT2D eigenvalue weighted by molar-refractivity contribution is 7.98. The zero-order valence-electron chi connectivity index (χ0n) is 19.5. The third-order valence-corrected chi connectivity index (χ3v) is 7.37. The van der Waals surface area contributed by atoms with Crippen molar-refractivity contribution in [3.8, 4) is 17.1 Å². The summed E-state index contributed by atoms with van der Waals surface area (Å²) in [5.74, 6) is 2.15. The third-order valence-electron chi connectivity index (χ3n) is 6.63. The second-order valence-electron chi connectivity index (χ2n) is 8.54. The van der Waals surface area contributed by atoms with Crippen LogP contribution < -0.4 is 14.5 Å². The molecule has 1 fully saturated rings. The van der Waals surface area contributed by atoms with E-state index in [4.69, 9.17) is 19.4 Å². The monoisotopic (exact) mass is 487 g/mol. The summed E-state index contributed by atoms with van der Waals surface area (Å²) in [6, 6.07) is 13.8. The van der Waals surface area contributed by atoms with Crippen molar-refractivity contribution >= 4 is 40.1 Å². The Labute approximate surface area is 207 Å². The Balaban J connectivity index is 1.43. The molecule has 1 amide bonds. The van der Waals surface area contributed by atoms with Gasteiger partial charge in [0.05, 0.1) is 38.6 Å². The number of fused-ring (bicyclic) bond motifs is 4. The van der Waals surface area contributed by atoms with E-state index < -0.39 is 6.04 Å². The predicted molar refractivity (Wildman–Crippen MR) is 137 cm³/mol. The molecule has 0 saturated carbocycles. The summed E-state index contributed by atoms with van der Waals surface area (Å²) in [5, 5.41) is 0.987. The van der Waals surface area contributed by atoms with Gasteiger partial charge in [-0.1, -0.05) is 24.3 Å². The molecular formula is C26H25N5O3S. The van der Waals surface area contributed by atoms with Crippen LogP contribution in [0.5, 0.6) is 5.75 Å². The van der Waals surface area contributed by atoms with E-state index in [1.165, 1.54) is 4.90 Å². The fourth-order valence-corrected chi connectivity index (χ4v) is 5.22. The molecule has 0 bridgehead atoms. The lowest BCUT2D eigenvalue weighted by molar-refractivity contribution is -0.122. The van der Waals surface area contributed by atoms with Gasteiger partial charge in [0, 0.05) is 28.6 Å². The van der Waals surface area contributed by atoms with Crippen molar-refractivity contribution in [2.75, 3.05) is 42.9 Å². The minimum atomic E-state index is -0.396. The summed E-state index contributed by atoms with van der Waals surface area (Å²) in [5.41, 5.74) is 3.58. The lowest BCUT2D eigenvalue weighted by atomic mass is 10.1. The molecule has 1 N–H and O–H groups in total. The summed E-state index contributed by atoms with van der Waals surface area (Å²) in [6.45, 7) is 1.97. The maximum Gasteiger partial charge on any atom is 0.252 e. The number of anilines is 2. The predicted octanol–water partition coefficient (Wildman–Crippen LogP) is 4.11. The molecule has 0 aliphatic carbocycles. The first-order chi connectivity index (χ1) is 17.2. The number of methoxy groups -OCH3 is 1. The highest BCUT2D eigenvalue weighted by Gasteiger charge is 2.41. The van der Waals surface area contributed by atoms with Crippen LogP contribution in [0.15, 0.2) is 59.8 Å². The number of ether oxygens (including phenoxy) is 2. The van der Waals surface area contributed by atoms with Crippen molar-refractivity contribution in [2.45, 2.75) is 17.5 Å². The molecule has 2 aliphatic rings. The van der Waals surface area contributed by atoms with Gasteiger partial charge in [0.25, 0.3) is 5.91 Å². The van der Waals surface area contributed by atoms with E-state index in [2.05, 4.69) is 40.4 Å². The van der Waals surface area contributed by atoms with Crippen LogP contribution in [0.2, 0.25) is 0 Å². The van der Waals surface area contributed by atoms with Crippen LogP contribution in [0, 0.1) is 0 Å². The van der Waals surface area contributed by atoms with Crippen LogP contribution >= 0.6 is 11.8 Å². The highest BCUT2D eigenvalue weighted by atomic mass is 32.2. The van der Waals surface area contributed by atoms with Crippen LogP contribution in [0.3, 0.4) is 0 Å². The smallest absolute Gasteiger partial charge is 0.252 e. The number of amides is 1. The summed E-state index contributed by atoms with van der Waals surface area (Å²) >= 11 is 1.70. The van der Waals surface area contributed by atoms with E-state index >= 15 is 0 Å². The van der Waals surface area contributed by atoms with Gasteiger partial charge in [-0.15, -0.1) is 11.8 Å². The molecule has 2 aromatic carbocycles. The van der Waals surface area contributed by atoms with E-state index in [-0.39, 0.29) is 5.91 Å². The average Bonchev–Trinajstić information content (AvgIpc) is 3.35. The van der Waals surface area contributed by atoms with Gasteiger partial charge >= 0.3 is 0 Å². The molecular weight excluding hydrogens is 462 g/mol. The summed E-state index contributed by atoms with van der Waals surface area (Å²) < 4.78 is 11.2. The number of morpholine rings is 1. The molecule has 8 nitrogen and oxygen atoms in total. The lowest BCUT2D eigenvalue weighted by Crippen LogP contribution is -2.58. The summed E-state index contributed by atoms with van der Waals surface area (Å²) in [6.07, 6.45) is 5.73. The second kappa shape index (κ2) is 8.90. The molecule has 0 radical (unpaired) electrons. The fourth-order valence-electron chi connectivity index (χ4n) is 4.82. The second-order valence-corrected chi connectivity index (χ2v) is 9.42. The minimum absolute atomic E-state index is 0.0133. The fraction of sp³-hybridized carbons (Fsp3) is 0.269. The van der Waals surface area contributed by atoms with Crippen molar-refractivity contribution in [3.63, 3.8) is 0 Å². The van der Waals surface area contributed by atoms with Crippen LogP contribution in [-0.4, -0.2) is 60.0 Å². The number of thioether (sulfide) groups is 1. The number of aromatic amines is 1. The molecule has 4 heterocycles. The maximum absolute atomic E-state index is 13.5. The van der Waals surface area contributed by atoms with Crippen molar-refractivity contribution in [3.05, 3.63) is 60.4 Å². The maximum atomic E-state index is 13.5. The quantitative estimate of drug-likeness (QED) is 0.424. The van der Waals surface area contributed by atoms with Gasteiger partial charge in [-0.05, 0) is 30.0 Å². The molecule has 1 atom stereocenters. The number of nitrogens with zero attached hydrogens (tertiary/aromatic N) is 4. The van der Waals surface area contributed by atoms with Gasteiger partial charge in [0.15, 0.2) is 11.6 Å². The van der Waals surface area contributed by atoms with Gasteiger partial charge in [-0.3, -0.25) is 4.79 Å². The van der Waals surface area contributed by atoms with E-state index in [0.29, 0.717) is 32.1 Å². The average molecular weight is 488 g/mol. The summed E-state index contributed by atoms with van der Waals surface area (Å²) in [7, 11) is 1.66. The topological polar surface area (TPSA) is 83.6 Å². The standard InChI is InChI=1S/C26H25N5O3S/c1-33-22-5-3-4-18-19(12-27-23(18)22)24-28-13-20-25(29-24)30-10-11-34-15-21(30)26(32)31(20)14-16-6-8-17(35-2)9-7-16/h3-9,12-13,21,27H,10-11,14-15H2,1-2H3. The molecule has 35 heavy (non-hydrogen) atoms. The lowest BCUT2D eigenvalue weighted by Gasteiger charge is -2.43. The van der Waals surface area contributed by atoms with E-state index in [1.807, 2.05) is 24.4 Å². The first kappa shape index (κ1) is 21.9. The number of para-hydroxylation sites is 1. The van der Waals surface area contributed by atoms with Crippen LogP contribution in [0.25, 0.3) is 22.3 Å². The van der Waals surface area contributed by atoms with E-state index in [1.54, 1.807) is 30.0 Å². The number of H-pyrrole nitrogens is 1. The van der Waals surface area contributed by atoms with Gasteiger partial charge in [-0.25, -0.2) is 9.97 Å². The van der Waals surface area contributed by atoms with Crippen molar-refractivity contribution in [1.82, 2.24) is 15.0 Å². The van der Waals surface area contributed by atoms with E-state index in [0.717, 1.165) is 39.3 Å². The number of carbonyl (C=O) groups is 1. The molecule has 2 aromatic heterocycles. The number of benzene rings is 2. The van der Waals surface area contributed by atoms with Crippen molar-refractivity contribution in [2.24, 2.45) is 0 Å². The molecule has 6 rings (SSSR count). The van der Waals surface area contributed by atoms with Gasteiger partial charge in [-0.2, -0.15) is 0 Å². The molecule has 9 heteroatoms. The molecule has 1 unspecified atom stereocenters. The number of aromatic nitrogens is 3. The Bertz CT molecular complexity index is 1400. The van der Waals surface area contributed by atoms with E-state index in [9.17, 15) is 4.79 Å². The third kappa shape index (κ3) is 3.71. The van der Waals surface area contributed by atoms with Crippen LogP contribution in [0.1, 0.15) is 5.56 Å². The molecule has 4 aromatic rings. The Kier molecular flexibility index (Phi) is 5.58. The highest BCUT2D eigenvalue weighted by Crippen LogP contribution is 2.39. The van der Waals surface area contributed by atoms with Crippen LogP contribution in [0.4, 0.5) is 11.5 Å². The Morgan fingerprint density at radius 1 is 1.23 bits per heavy atom. The molecule has 1 saturated heterocycles. The zero-order valence-corrected chi connectivity index (χ0v) is 20.3. The summed E-state index contributed by atoms with van der Waals surface area (Å²) in [4.78, 5) is 31.6. The van der Waals surface area contributed by atoms with Gasteiger partial charge < -0.3 is 24.3 Å². The normalized spacial score (nSPS) is 17.4. The van der Waals surface area contributed by atoms with Gasteiger partial charge in [0.2, 0.25) is 0 Å². The Morgan fingerprint density at radius 3 is 2.89 bits per heavy atom. The van der Waals surface area contributed by atoms with Crippen molar-refractivity contribution < 1.29 is 14.3 Å². The molecule has 2 aliphatic heterocycles. The van der Waals surface area contributed by atoms with Gasteiger partial charge in [0.1, 0.15) is 17.5 Å². The number of nitrogens with one attached hydrogen (secondary N) is 1.